The van der Waals surface area contributed by atoms with Gasteiger partial charge in [0.05, 0.1) is 10.6 Å². The number of carboxylic acid groups (broad SMARTS) is 1. The smallest absolute Gasteiger partial charge is 0.354 e. The highest BCUT2D eigenvalue weighted by molar-refractivity contribution is 6.40. The van der Waals surface area contributed by atoms with Crippen LogP contribution in [0.3, 0.4) is 0 Å². The summed E-state index contributed by atoms with van der Waals surface area (Å²) in [4.78, 5) is 21.1. The van der Waals surface area contributed by atoms with Crippen molar-refractivity contribution in [1.82, 2.24) is 4.57 Å². The van der Waals surface area contributed by atoms with Crippen molar-refractivity contribution < 1.29 is 14.7 Å². The zero-order chi connectivity index (χ0) is 10.2. The first-order valence-corrected chi connectivity index (χ1v) is 3.98. The first-order valence-electron chi connectivity index (χ1n) is 3.22. The van der Waals surface area contributed by atoms with E-state index in [1.807, 2.05) is 0 Å². The molecule has 0 radical (unpaired) electrons. The molecule has 13 heavy (non-hydrogen) atoms. The van der Waals surface area contributed by atoms with Crippen LogP contribution in [0.25, 0.3) is 0 Å². The molecule has 0 bridgehead atoms. The maximum absolute atomic E-state index is 10.6. The highest BCUT2D eigenvalue weighted by Gasteiger charge is 2.22. The van der Waals surface area contributed by atoms with E-state index in [-0.39, 0.29) is 21.4 Å². The first kappa shape index (κ1) is 10.1. The topological polar surface area (TPSA) is 59.3 Å². The third-order valence-corrected chi connectivity index (χ3v) is 2.46. The number of rotatable bonds is 2. The van der Waals surface area contributed by atoms with E-state index >= 15 is 0 Å². The van der Waals surface area contributed by atoms with E-state index in [0.29, 0.717) is 6.29 Å². The summed E-state index contributed by atoms with van der Waals surface area (Å²) in [7, 11) is 1.42. The van der Waals surface area contributed by atoms with E-state index in [1.165, 1.54) is 7.05 Å². The Morgan fingerprint density at radius 1 is 1.54 bits per heavy atom. The van der Waals surface area contributed by atoms with Crippen molar-refractivity contribution in [3.63, 3.8) is 0 Å². The monoisotopic (exact) mass is 221 g/mol. The molecule has 0 atom stereocenters. The molecule has 70 valence electrons. The van der Waals surface area contributed by atoms with Gasteiger partial charge in [-0.05, 0) is 0 Å². The Morgan fingerprint density at radius 2 is 2.08 bits per heavy atom. The standard InChI is InChI=1S/C7H5Cl2NO3/c1-10-5(7(12)13)4(8)3(2-11)6(10)9/h2H,1H3,(H,12,13). The molecule has 4 nitrogen and oxygen atoms in total. The second kappa shape index (κ2) is 3.40. The van der Waals surface area contributed by atoms with Gasteiger partial charge in [-0.25, -0.2) is 4.79 Å². The van der Waals surface area contributed by atoms with Gasteiger partial charge in [-0.2, -0.15) is 0 Å². The van der Waals surface area contributed by atoms with Crippen molar-refractivity contribution in [2.24, 2.45) is 7.05 Å². The van der Waals surface area contributed by atoms with Crippen molar-refractivity contribution in [3.05, 3.63) is 21.4 Å². The van der Waals surface area contributed by atoms with Crippen molar-refractivity contribution in [2.75, 3.05) is 0 Å². The Balaban J connectivity index is 3.54. The van der Waals surface area contributed by atoms with Crippen molar-refractivity contribution in [1.29, 1.82) is 0 Å². The molecular formula is C7H5Cl2NO3. The summed E-state index contributed by atoms with van der Waals surface area (Å²) in [6.45, 7) is 0. The van der Waals surface area contributed by atoms with E-state index in [4.69, 9.17) is 28.3 Å². The number of carbonyl (C=O) groups excluding carboxylic acids is 1. The maximum Gasteiger partial charge on any atom is 0.354 e. The van der Waals surface area contributed by atoms with Crippen LogP contribution in [0.2, 0.25) is 10.2 Å². The van der Waals surface area contributed by atoms with Gasteiger partial charge in [-0.1, -0.05) is 23.2 Å². The fourth-order valence-electron chi connectivity index (χ4n) is 0.982. The van der Waals surface area contributed by atoms with Crippen LogP contribution < -0.4 is 0 Å². The third-order valence-electron chi connectivity index (χ3n) is 1.62. The summed E-state index contributed by atoms with van der Waals surface area (Å²) in [6.07, 6.45) is 0.428. The van der Waals surface area contributed by atoms with Crippen molar-refractivity contribution in [2.45, 2.75) is 0 Å². The second-order valence-corrected chi connectivity index (χ2v) is 3.09. The quantitative estimate of drug-likeness (QED) is 0.776. The van der Waals surface area contributed by atoms with E-state index in [0.717, 1.165) is 4.57 Å². The molecule has 1 rings (SSSR count). The van der Waals surface area contributed by atoms with Crippen LogP contribution in [0.5, 0.6) is 0 Å². The lowest BCUT2D eigenvalue weighted by Crippen LogP contribution is -2.04. The highest BCUT2D eigenvalue weighted by Crippen LogP contribution is 2.29. The Labute approximate surface area is 83.7 Å². The van der Waals surface area contributed by atoms with Crippen LogP contribution in [0.15, 0.2) is 0 Å². The van der Waals surface area contributed by atoms with Crippen LogP contribution in [0.1, 0.15) is 20.8 Å². The SMILES string of the molecule is Cn1c(Cl)c(C=O)c(Cl)c1C(=O)O. The highest BCUT2D eigenvalue weighted by atomic mass is 35.5. The number of aromatic nitrogens is 1. The number of halogens is 2. The normalized spacial score (nSPS) is 10.1. The molecule has 6 heteroatoms. The Kier molecular flexibility index (Phi) is 2.63. The van der Waals surface area contributed by atoms with Crippen molar-refractivity contribution >= 4 is 35.5 Å². The number of aldehydes is 1. The first-order chi connectivity index (χ1) is 6.00. The summed E-state index contributed by atoms with van der Waals surface area (Å²) < 4.78 is 1.15. The van der Waals surface area contributed by atoms with Crippen molar-refractivity contribution in [3.8, 4) is 0 Å². The largest absolute Gasteiger partial charge is 0.477 e. The lowest BCUT2D eigenvalue weighted by Gasteiger charge is -1.97. The number of hydrogen-bond acceptors (Lipinski definition) is 2. The minimum Gasteiger partial charge on any atom is -0.477 e. The van der Waals surface area contributed by atoms with Crippen LogP contribution in [0.4, 0.5) is 0 Å². The summed E-state index contributed by atoms with van der Waals surface area (Å²) in [6, 6.07) is 0. The molecular weight excluding hydrogens is 217 g/mol. The molecule has 0 aromatic carbocycles. The molecule has 0 saturated carbocycles. The number of aromatic carboxylic acids is 1. The van der Waals surface area contributed by atoms with Gasteiger partial charge in [0.2, 0.25) is 0 Å². The molecule has 0 aliphatic heterocycles. The van der Waals surface area contributed by atoms with Crippen LogP contribution >= 0.6 is 23.2 Å². The molecule has 1 N–H and O–H groups in total. The minimum atomic E-state index is -1.22. The summed E-state index contributed by atoms with van der Waals surface area (Å²) in [5.41, 5.74) is -0.183. The molecule has 0 aliphatic carbocycles. The predicted molar refractivity (Wildman–Crippen MR) is 47.8 cm³/mol. The molecule has 1 aromatic rings. The number of carbonyl (C=O) groups is 2. The van der Waals surface area contributed by atoms with Gasteiger partial charge >= 0.3 is 5.97 Å². The van der Waals surface area contributed by atoms with E-state index in [2.05, 4.69) is 0 Å². The molecule has 0 saturated heterocycles. The third kappa shape index (κ3) is 1.43. The summed E-state index contributed by atoms with van der Waals surface area (Å²) in [5, 5.41) is 8.60. The van der Waals surface area contributed by atoms with Gasteiger partial charge in [0, 0.05) is 7.05 Å². The minimum absolute atomic E-state index is 0.00299. The lowest BCUT2D eigenvalue weighted by atomic mass is 10.3. The summed E-state index contributed by atoms with van der Waals surface area (Å²) in [5.74, 6) is -1.22. The van der Waals surface area contributed by atoms with Gasteiger partial charge in [-0.15, -0.1) is 0 Å². The zero-order valence-electron chi connectivity index (χ0n) is 6.54. The van der Waals surface area contributed by atoms with Gasteiger partial charge in [0.1, 0.15) is 10.8 Å². The summed E-state index contributed by atoms with van der Waals surface area (Å²) >= 11 is 11.3. The predicted octanol–water partition coefficient (Wildman–Crippen LogP) is 1.84. The average Bonchev–Trinajstić information content (AvgIpc) is 2.24. The number of carboxylic acids is 1. The Hall–Kier alpha value is -1.00. The Morgan fingerprint density at radius 3 is 2.31 bits per heavy atom. The molecule has 1 heterocycles. The van der Waals surface area contributed by atoms with Gasteiger partial charge in [0.15, 0.2) is 6.29 Å². The second-order valence-electron chi connectivity index (χ2n) is 2.35. The lowest BCUT2D eigenvalue weighted by molar-refractivity contribution is 0.0686. The molecule has 0 aliphatic rings. The van der Waals surface area contributed by atoms with Gasteiger partial charge in [-0.3, -0.25) is 4.79 Å². The van der Waals surface area contributed by atoms with Gasteiger partial charge < -0.3 is 9.67 Å². The fraction of sp³-hybridized carbons (Fsp3) is 0.143. The molecule has 0 fully saturated rings. The van der Waals surface area contributed by atoms with Gasteiger partial charge in [0.25, 0.3) is 0 Å². The number of nitrogens with zero attached hydrogens (tertiary/aromatic N) is 1. The van der Waals surface area contributed by atoms with E-state index in [1.54, 1.807) is 0 Å². The maximum atomic E-state index is 10.6. The van der Waals surface area contributed by atoms with Crippen LogP contribution in [0, 0.1) is 0 Å². The number of hydrogen-bond donors (Lipinski definition) is 1. The van der Waals surface area contributed by atoms with Crippen LogP contribution in [-0.4, -0.2) is 21.9 Å². The van der Waals surface area contributed by atoms with E-state index in [9.17, 15) is 9.59 Å². The zero-order valence-corrected chi connectivity index (χ0v) is 8.06. The Bertz CT molecular complexity index is 384. The fourth-order valence-corrected chi connectivity index (χ4v) is 1.60. The average molecular weight is 222 g/mol. The van der Waals surface area contributed by atoms with E-state index < -0.39 is 5.97 Å². The molecule has 0 amide bonds. The molecule has 1 aromatic heterocycles. The van der Waals surface area contributed by atoms with Crippen LogP contribution in [-0.2, 0) is 7.05 Å². The molecule has 0 unspecified atom stereocenters. The molecule has 0 spiro atoms.